The molecule has 0 saturated carbocycles. The van der Waals surface area contributed by atoms with Crippen LogP contribution in [0.5, 0.6) is 5.75 Å². The highest BCUT2D eigenvalue weighted by molar-refractivity contribution is 9.10. The van der Waals surface area contributed by atoms with Crippen LogP contribution in [0.15, 0.2) is 22.7 Å². The van der Waals surface area contributed by atoms with Gasteiger partial charge in [0.25, 0.3) is 0 Å². The van der Waals surface area contributed by atoms with E-state index >= 15 is 0 Å². The van der Waals surface area contributed by atoms with Crippen LogP contribution in [0.1, 0.15) is 18.2 Å². The topological polar surface area (TPSA) is 9.23 Å². The Morgan fingerprint density at radius 3 is 3.17 bits per heavy atom. The van der Waals surface area contributed by atoms with E-state index in [-0.39, 0.29) is 0 Å². The van der Waals surface area contributed by atoms with E-state index in [9.17, 15) is 4.39 Å². The van der Waals surface area contributed by atoms with Crippen molar-refractivity contribution < 1.29 is 9.13 Å². The molecule has 0 radical (unpaired) electrons. The van der Waals surface area contributed by atoms with Gasteiger partial charge in [0.2, 0.25) is 0 Å². The molecule has 1 aliphatic heterocycles. The third kappa shape index (κ3) is 1.33. The van der Waals surface area contributed by atoms with Crippen molar-refractivity contribution in [3.63, 3.8) is 0 Å². The second-order valence-electron chi connectivity index (χ2n) is 2.79. The number of rotatable bonds is 0. The number of halogens is 2. The lowest BCUT2D eigenvalue weighted by Gasteiger charge is -2.20. The zero-order valence-corrected chi connectivity index (χ0v) is 7.97. The monoisotopic (exact) mass is 230 g/mol. The van der Waals surface area contributed by atoms with Gasteiger partial charge in [0.15, 0.2) is 0 Å². The molecular weight excluding hydrogens is 223 g/mol. The maximum absolute atomic E-state index is 13.3. The van der Waals surface area contributed by atoms with Gasteiger partial charge in [0, 0.05) is 16.5 Å². The van der Waals surface area contributed by atoms with E-state index in [1.807, 2.05) is 6.07 Å². The van der Waals surface area contributed by atoms with Crippen LogP contribution >= 0.6 is 15.9 Å². The minimum absolute atomic E-state index is 0.462. The zero-order chi connectivity index (χ0) is 8.55. The van der Waals surface area contributed by atoms with Gasteiger partial charge >= 0.3 is 0 Å². The fourth-order valence-corrected chi connectivity index (χ4v) is 1.70. The Hall–Kier alpha value is -0.570. The molecule has 1 aromatic rings. The van der Waals surface area contributed by atoms with Crippen LogP contribution in [0.4, 0.5) is 4.39 Å². The van der Waals surface area contributed by atoms with Gasteiger partial charge in [-0.2, -0.15) is 0 Å². The number of alkyl halides is 1. The van der Waals surface area contributed by atoms with Crippen LogP contribution in [-0.2, 0) is 0 Å². The Labute approximate surface area is 78.7 Å². The van der Waals surface area contributed by atoms with Crippen molar-refractivity contribution in [1.82, 2.24) is 0 Å². The molecule has 0 aliphatic carbocycles. The molecule has 0 N–H and O–H groups in total. The third-order valence-corrected chi connectivity index (χ3v) is 2.43. The Balaban J connectivity index is 2.47. The number of hydrogen-bond donors (Lipinski definition) is 0. The molecule has 1 aliphatic rings. The smallest absolute Gasteiger partial charge is 0.132 e. The molecule has 0 bridgehead atoms. The van der Waals surface area contributed by atoms with Gasteiger partial charge in [-0.3, -0.25) is 0 Å². The number of benzene rings is 1. The molecule has 0 saturated heterocycles. The van der Waals surface area contributed by atoms with E-state index in [0.29, 0.717) is 24.3 Å². The summed E-state index contributed by atoms with van der Waals surface area (Å²) in [5, 5.41) is 0. The lowest BCUT2D eigenvalue weighted by molar-refractivity contribution is 0.200. The molecule has 0 amide bonds. The number of hydrogen-bond acceptors (Lipinski definition) is 1. The zero-order valence-electron chi connectivity index (χ0n) is 6.39. The summed E-state index contributed by atoms with van der Waals surface area (Å²) in [7, 11) is 0. The molecule has 0 fully saturated rings. The molecule has 1 atom stereocenters. The number of ether oxygens (including phenoxy) is 1. The molecule has 2 rings (SSSR count). The molecule has 0 spiro atoms. The first kappa shape index (κ1) is 8.05. The Morgan fingerprint density at radius 2 is 2.33 bits per heavy atom. The van der Waals surface area contributed by atoms with Crippen LogP contribution < -0.4 is 4.74 Å². The van der Waals surface area contributed by atoms with Crippen LogP contribution in [0.25, 0.3) is 0 Å². The van der Waals surface area contributed by atoms with Gasteiger partial charge in [0.1, 0.15) is 11.9 Å². The maximum atomic E-state index is 13.3. The molecule has 1 aromatic carbocycles. The molecule has 1 heterocycles. The van der Waals surface area contributed by atoms with Gasteiger partial charge in [-0.1, -0.05) is 15.9 Å². The van der Waals surface area contributed by atoms with Gasteiger partial charge in [-0.15, -0.1) is 0 Å². The first-order chi connectivity index (χ1) is 5.77. The summed E-state index contributed by atoms with van der Waals surface area (Å²) in [6, 6.07) is 5.43. The summed E-state index contributed by atoms with van der Waals surface area (Å²) in [6.45, 7) is 0.482. The van der Waals surface area contributed by atoms with E-state index in [2.05, 4.69) is 15.9 Å². The lowest BCUT2D eigenvalue weighted by atomic mass is 10.1. The summed E-state index contributed by atoms with van der Waals surface area (Å²) >= 11 is 3.30. The molecule has 12 heavy (non-hydrogen) atoms. The van der Waals surface area contributed by atoms with Crippen LogP contribution in [0, 0.1) is 0 Å². The highest BCUT2D eigenvalue weighted by Gasteiger charge is 2.20. The predicted molar refractivity (Wildman–Crippen MR) is 48.1 cm³/mol. The highest BCUT2D eigenvalue weighted by atomic mass is 79.9. The largest absolute Gasteiger partial charge is 0.493 e. The maximum Gasteiger partial charge on any atom is 0.132 e. The average Bonchev–Trinajstić information content (AvgIpc) is 2.07. The standard InChI is InChI=1S/C9H8BrFO/c10-6-1-2-9-7(5-6)8(11)3-4-12-9/h1-2,5,8H,3-4H2. The fourth-order valence-electron chi connectivity index (χ4n) is 1.32. The molecule has 0 aromatic heterocycles. The average molecular weight is 231 g/mol. The Morgan fingerprint density at radius 1 is 1.50 bits per heavy atom. The van der Waals surface area contributed by atoms with Crippen LogP contribution in [0.3, 0.4) is 0 Å². The van der Waals surface area contributed by atoms with Crippen LogP contribution in [-0.4, -0.2) is 6.61 Å². The van der Waals surface area contributed by atoms with Crippen molar-refractivity contribution in [2.75, 3.05) is 6.61 Å². The fraction of sp³-hybridized carbons (Fsp3) is 0.333. The molecule has 1 nitrogen and oxygen atoms in total. The van der Waals surface area contributed by atoms with Crippen molar-refractivity contribution in [1.29, 1.82) is 0 Å². The minimum atomic E-state index is -0.869. The van der Waals surface area contributed by atoms with Crippen molar-refractivity contribution in [3.05, 3.63) is 28.2 Å². The van der Waals surface area contributed by atoms with Crippen molar-refractivity contribution in [3.8, 4) is 5.75 Å². The lowest BCUT2D eigenvalue weighted by Crippen LogP contribution is -2.10. The Kier molecular flexibility index (Phi) is 2.05. The quantitative estimate of drug-likeness (QED) is 0.665. The molecule has 1 unspecified atom stereocenters. The van der Waals surface area contributed by atoms with Crippen molar-refractivity contribution >= 4 is 15.9 Å². The third-order valence-electron chi connectivity index (χ3n) is 1.94. The van der Waals surface area contributed by atoms with Crippen molar-refractivity contribution in [2.45, 2.75) is 12.6 Å². The van der Waals surface area contributed by atoms with Gasteiger partial charge in [0.05, 0.1) is 6.61 Å². The Bertz CT molecular complexity index is 301. The van der Waals surface area contributed by atoms with E-state index in [0.717, 1.165) is 4.47 Å². The van der Waals surface area contributed by atoms with E-state index in [4.69, 9.17) is 4.74 Å². The van der Waals surface area contributed by atoms with Crippen molar-refractivity contribution in [2.24, 2.45) is 0 Å². The first-order valence-corrected chi connectivity index (χ1v) is 4.63. The number of fused-ring (bicyclic) bond motifs is 1. The molecule has 64 valence electrons. The van der Waals surface area contributed by atoms with Gasteiger partial charge in [-0.05, 0) is 18.2 Å². The van der Waals surface area contributed by atoms with Crippen LogP contribution in [0.2, 0.25) is 0 Å². The predicted octanol–water partition coefficient (Wildman–Crippen LogP) is 3.24. The summed E-state index contributed by atoms with van der Waals surface area (Å²) in [5.74, 6) is 0.678. The van der Waals surface area contributed by atoms with E-state index < -0.39 is 6.17 Å². The summed E-state index contributed by atoms with van der Waals surface area (Å²) in [4.78, 5) is 0. The summed E-state index contributed by atoms with van der Waals surface area (Å²) in [5.41, 5.74) is 0.663. The second kappa shape index (κ2) is 3.05. The van der Waals surface area contributed by atoms with Gasteiger partial charge in [-0.25, -0.2) is 4.39 Å². The second-order valence-corrected chi connectivity index (χ2v) is 3.70. The normalized spacial score (nSPS) is 21.3. The first-order valence-electron chi connectivity index (χ1n) is 3.83. The molecule has 3 heteroatoms. The van der Waals surface area contributed by atoms with Gasteiger partial charge < -0.3 is 4.74 Å². The van der Waals surface area contributed by atoms with E-state index in [1.54, 1.807) is 12.1 Å². The highest BCUT2D eigenvalue weighted by Crippen LogP contribution is 2.35. The molecular formula is C9H8BrFO. The summed E-state index contributed by atoms with van der Waals surface area (Å²) in [6.07, 6.45) is -0.407. The summed E-state index contributed by atoms with van der Waals surface area (Å²) < 4.78 is 19.4. The minimum Gasteiger partial charge on any atom is -0.493 e. The SMILES string of the molecule is FC1CCOc2ccc(Br)cc21. The van der Waals surface area contributed by atoms with E-state index in [1.165, 1.54) is 0 Å².